The highest BCUT2D eigenvalue weighted by Crippen LogP contribution is 2.24. The first-order valence-corrected chi connectivity index (χ1v) is 8.03. The van der Waals surface area contributed by atoms with E-state index in [1.165, 1.54) is 16.7 Å². The van der Waals surface area contributed by atoms with Crippen molar-refractivity contribution in [1.29, 1.82) is 0 Å². The van der Waals surface area contributed by atoms with Crippen molar-refractivity contribution < 1.29 is 0 Å². The van der Waals surface area contributed by atoms with E-state index in [4.69, 9.17) is 0 Å². The molecule has 0 aliphatic carbocycles. The average molecular weight is 285 g/mol. The molecule has 0 saturated heterocycles. The molecule has 1 unspecified atom stereocenters. The Hall–Kier alpha value is -1.61. The zero-order valence-corrected chi connectivity index (χ0v) is 13.7. The lowest BCUT2D eigenvalue weighted by molar-refractivity contribution is 0.571. The SMILES string of the molecule is CCCNC(C)c1ccc(-c2cn(CCC)nc2C)cc1. The van der Waals surface area contributed by atoms with Gasteiger partial charge in [0, 0.05) is 24.3 Å². The largest absolute Gasteiger partial charge is 0.310 e. The van der Waals surface area contributed by atoms with E-state index in [2.05, 4.69) is 68.6 Å². The molecule has 0 radical (unpaired) electrons. The first-order chi connectivity index (χ1) is 10.2. The molecule has 1 aromatic heterocycles. The predicted molar refractivity (Wildman–Crippen MR) is 89.4 cm³/mol. The van der Waals surface area contributed by atoms with Crippen LogP contribution in [0.15, 0.2) is 30.5 Å². The van der Waals surface area contributed by atoms with Crippen LogP contribution in [0.1, 0.15) is 50.9 Å². The lowest BCUT2D eigenvalue weighted by Gasteiger charge is -2.14. The molecule has 0 spiro atoms. The summed E-state index contributed by atoms with van der Waals surface area (Å²) >= 11 is 0. The molecule has 0 fully saturated rings. The maximum absolute atomic E-state index is 4.58. The summed E-state index contributed by atoms with van der Waals surface area (Å²) in [4.78, 5) is 0. The molecule has 1 N–H and O–H groups in total. The molecule has 3 heteroatoms. The van der Waals surface area contributed by atoms with Crippen molar-refractivity contribution in [2.45, 2.75) is 53.1 Å². The highest BCUT2D eigenvalue weighted by atomic mass is 15.3. The first-order valence-electron chi connectivity index (χ1n) is 8.03. The molecule has 0 aliphatic rings. The Kier molecular flexibility index (Phi) is 5.57. The topological polar surface area (TPSA) is 29.9 Å². The number of aryl methyl sites for hydroxylation is 2. The number of aromatic nitrogens is 2. The molecule has 0 saturated carbocycles. The average Bonchev–Trinajstić information content (AvgIpc) is 2.86. The van der Waals surface area contributed by atoms with Crippen LogP contribution in [0.25, 0.3) is 11.1 Å². The normalized spacial score (nSPS) is 12.6. The summed E-state index contributed by atoms with van der Waals surface area (Å²) in [6.07, 6.45) is 4.44. The van der Waals surface area contributed by atoms with E-state index >= 15 is 0 Å². The van der Waals surface area contributed by atoms with Crippen LogP contribution in [-0.4, -0.2) is 16.3 Å². The molecule has 114 valence electrons. The maximum atomic E-state index is 4.58. The minimum atomic E-state index is 0.405. The summed E-state index contributed by atoms with van der Waals surface area (Å²) < 4.78 is 2.05. The van der Waals surface area contributed by atoms with Gasteiger partial charge in [-0.2, -0.15) is 5.10 Å². The number of benzene rings is 1. The molecule has 2 rings (SSSR count). The highest BCUT2D eigenvalue weighted by Gasteiger charge is 2.09. The van der Waals surface area contributed by atoms with Crippen LogP contribution in [0.4, 0.5) is 0 Å². The summed E-state index contributed by atoms with van der Waals surface area (Å²) in [6, 6.07) is 9.26. The third-order valence-corrected chi connectivity index (χ3v) is 3.82. The van der Waals surface area contributed by atoms with Crippen molar-refractivity contribution in [1.82, 2.24) is 15.1 Å². The van der Waals surface area contributed by atoms with E-state index < -0.39 is 0 Å². The monoisotopic (exact) mass is 285 g/mol. The van der Waals surface area contributed by atoms with Gasteiger partial charge in [0.05, 0.1) is 5.69 Å². The van der Waals surface area contributed by atoms with Gasteiger partial charge in [0.1, 0.15) is 0 Å². The minimum Gasteiger partial charge on any atom is -0.310 e. The van der Waals surface area contributed by atoms with Crippen LogP contribution < -0.4 is 5.32 Å². The van der Waals surface area contributed by atoms with E-state index in [1.807, 2.05) is 4.68 Å². The fraction of sp³-hybridized carbons (Fsp3) is 0.500. The summed E-state index contributed by atoms with van der Waals surface area (Å²) in [5, 5.41) is 8.10. The van der Waals surface area contributed by atoms with Crippen molar-refractivity contribution >= 4 is 0 Å². The van der Waals surface area contributed by atoms with Gasteiger partial charge < -0.3 is 5.32 Å². The van der Waals surface area contributed by atoms with Crippen LogP contribution in [-0.2, 0) is 6.54 Å². The van der Waals surface area contributed by atoms with Gasteiger partial charge in [-0.3, -0.25) is 4.68 Å². The zero-order chi connectivity index (χ0) is 15.2. The Morgan fingerprint density at radius 2 is 1.86 bits per heavy atom. The Labute approximate surface area is 128 Å². The van der Waals surface area contributed by atoms with E-state index in [1.54, 1.807) is 0 Å². The third-order valence-electron chi connectivity index (χ3n) is 3.82. The minimum absolute atomic E-state index is 0.405. The molecular weight excluding hydrogens is 258 g/mol. The molecular formula is C18H27N3. The van der Waals surface area contributed by atoms with Crippen molar-refractivity contribution in [3.05, 3.63) is 41.7 Å². The Morgan fingerprint density at radius 1 is 1.14 bits per heavy atom. The number of nitrogens with one attached hydrogen (secondary N) is 1. The van der Waals surface area contributed by atoms with Gasteiger partial charge in [-0.05, 0) is 44.4 Å². The van der Waals surface area contributed by atoms with Crippen molar-refractivity contribution in [2.24, 2.45) is 0 Å². The van der Waals surface area contributed by atoms with E-state index in [-0.39, 0.29) is 0 Å². The summed E-state index contributed by atoms with van der Waals surface area (Å²) in [5.74, 6) is 0. The second kappa shape index (κ2) is 7.41. The smallest absolute Gasteiger partial charge is 0.0672 e. The van der Waals surface area contributed by atoms with Gasteiger partial charge in [-0.15, -0.1) is 0 Å². The fourth-order valence-corrected chi connectivity index (χ4v) is 2.57. The van der Waals surface area contributed by atoms with E-state index in [0.29, 0.717) is 6.04 Å². The van der Waals surface area contributed by atoms with Gasteiger partial charge >= 0.3 is 0 Å². The van der Waals surface area contributed by atoms with Crippen LogP contribution in [0.3, 0.4) is 0 Å². The third kappa shape index (κ3) is 3.94. The first kappa shape index (κ1) is 15.8. The van der Waals surface area contributed by atoms with Crippen molar-refractivity contribution in [2.75, 3.05) is 6.54 Å². The predicted octanol–water partition coefficient (Wildman–Crippen LogP) is 4.33. The van der Waals surface area contributed by atoms with E-state index in [0.717, 1.165) is 31.6 Å². The Bertz CT molecular complexity index is 554. The summed E-state index contributed by atoms with van der Waals surface area (Å²) in [6.45, 7) is 10.7. The second-order valence-electron chi connectivity index (χ2n) is 5.69. The van der Waals surface area contributed by atoms with Gasteiger partial charge in [0.25, 0.3) is 0 Å². The molecule has 3 nitrogen and oxygen atoms in total. The molecule has 2 aromatic rings. The van der Waals surface area contributed by atoms with Crippen molar-refractivity contribution in [3.8, 4) is 11.1 Å². The van der Waals surface area contributed by atoms with Gasteiger partial charge in [0.15, 0.2) is 0 Å². The lowest BCUT2D eigenvalue weighted by atomic mass is 10.0. The van der Waals surface area contributed by atoms with E-state index in [9.17, 15) is 0 Å². The van der Waals surface area contributed by atoms with Crippen LogP contribution in [0.5, 0.6) is 0 Å². The van der Waals surface area contributed by atoms with Gasteiger partial charge in [0.2, 0.25) is 0 Å². The lowest BCUT2D eigenvalue weighted by Crippen LogP contribution is -2.19. The molecule has 21 heavy (non-hydrogen) atoms. The number of rotatable bonds is 7. The van der Waals surface area contributed by atoms with Gasteiger partial charge in [-0.25, -0.2) is 0 Å². The molecule has 1 heterocycles. The number of hydrogen-bond donors (Lipinski definition) is 1. The Morgan fingerprint density at radius 3 is 2.48 bits per heavy atom. The summed E-state index contributed by atoms with van der Waals surface area (Å²) in [7, 11) is 0. The van der Waals surface area contributed by atoms with Crippen LogP contribution >= 0.6 is 0 Å². The quantitative estimate of drug-likeness (QED) is 0.820. The second-order valence-corrected chi connectivity index (χ2v) is 5.69. The highest BCUT2D eigenvalue weighted by molar-refractivity contribution is 5.65. The zero-order valence-electron chi connectivity index (χ0n) is 13.7. The van der Waals surface area contributed by atoms with Crippen LogP contribution in [0.2, 0.25) is 0 Å². The van der Waals surface area contributed by atoms with Crippen molar-refractivity contribution in [3.63, 3.8) is 0 Å². The molecule has 0 bridgehead atoms. The van der Waals surface area contributed by atoms with Gasteiger partial charge in [-0.1, -0.05) is 38.1 Å². The molecule has 1 atom stereocenters. The number of nitrogens with zero attached hydrogens (tertiary/aromatic N) is 2. The molecule has 0 aliphatic heterocycles. The van der Waals surface area contributed by atoms with Crippen LogP contribution in [0, 0.1) is 6.92 Å². The Balaban J connectivity index is 2.15. The summed E-state index contributed by atoms with van der Waals surface area (Å²) in [5.41, 5.74) is 4.93. The molecule has 0 amide bonds. The number of hydrogen-bond acceptors (Lipinski definition) is 2. The molecule has 1 aromatic carbocycles. The maximum Gasteiger partial charge on any atom is 0.0672 e. The fourth-order valence-electron chi connectivity index (χ4n) is 2.57. The standard InChI is InChI=1S/C18H27N3/c1-5-11-19-14(3)16-7-9-17(10-8-16)18-13-21(12-6-2)20-15(18)4/h7-10,13-14,19H,5-6,11-12H2,1-4H3.